The molecular formula is C11H15N3O4. The average molecular weight is 253 g/mol. The van der Waals surface area contributed by atoms with Crippen LogP contribution in [0.15, 0.2) is 24.3 Å². The van der Waals surface area contributed by atoms with Gasteiger partial charge in [-0.25, -0.2) is 4.79 Å². The van der Waals surface area contributed by atoms with Crippen molar-refractivity contribution in [2.45, 2.75) is 19.4 Å². The van der Waals surface area contributed by atoms with Crippen LogP contribution in [-0.4, -0.2) is 28.7 Å². The highest BCUT2D eigenvalue weighted by Crippen LogP contribution is 2.16. The average Bonchev–Trinajstić information content (AvgIpc) is 2.36. The SMILES string of the molecule is CC[C@@H](CO)NC(=O)Nc1cccc([N+](=O)[O-])c1. The third-order valence-electron chi connectivity index (χ3n) is 2.36. The van der Waals surface area contributed by atoms with Crippen LogP contribution in [0.4, 0.5) is 16.2 Å². The van der Waals surface area contributed by atoms with Gasteiger partial charge in [0, 0.05) is 17.8 Å². The molecule has 0 aliphatic rings. The highest BCUT2D eigenvalue weighted by atomic mass is 16.6. The van der Waals surface area contributed by atoms with Crippen LogP contribution < -0.4 is 10.6 Å². The number of benzene rings is 1. The zero-order chi connectivity index (χ0) is 13.5. The molecule has 0 bridgehead atoms. The van der Waals surface area contributed by atoms with Crippen molar-refractivity contribution in [1.29, 1.82) is 0 Å². The lowest BCUT2D eigenvalue weighted by Crippen LogP contribution is -2.39. The number of aliphatic hydroxyl groups is 1. The number of nitrogens with one attached hydrogen (secondary N) is 2. The molecule has 0 saturated heterocycles. The summed E-state index contributed by atoms with van der Waals surface area (Å²) in [5.74, 6) is 0. The summed E-state index contributed by atoms with van der Waals surface area (Å²) in [7, 11) is 0. The maximum Gasteiger partial charge on any atom is 0.319 e. The Balaban J connectivity index is 2.64. The molecule has 18 heavy (non-hydrogen) atoms. The van der Waals surface area contributed by atoms with Gasteiger partial charge in [-0.05, 0) is 12.5 Å². The summed E-state index contributed by atoms with van der Waals surface area (Å²) < 4.78 is 0. The van der Waals surface area contributed by atoms with E-state index in [0.29, 0.717) is 12.1 Å². The number of amides is 2. The normalized spacial score (nSPS) is 11.7. The number of hydrogen-bond donors (Lipinski definition) is 3. The van der Waals surface area contributed by atoms with Gasteiger partial charge in [0.25, 0.3) is 5.69 Å². The maximum atomic E-state index is 11.5. The van der Waals surface area contributed by atoms with E-state index in [2.05, 4.69) is 10.6 Å². The van der Waals surface area contributed by atoms with Crippen LogP contribution in [0, 0.1) is 10.1 Å². The first kappa shape index (κ1) is 13.9. The fourth-order valence-corrected chi connectivity index (χ4v) is 1.33. The van der Waals surface area contributed by atoms with Gasteiger partial charge < -0.3 is 15.7 Å². The van der Waals surface area contributed by atoms with Crippen LogP contribution in [0.5, 0.6) is 0 Å². The Bertz CT molecular complexity index is 432. The zero-order valence-corrected chi connectivity index (χ0v) is 9.92. The Morgan fingerprint density at radius 2 is 2.28 bits per heavy atom. The van der Waals surface area contributed by atoms with E-state index < -0.39 is 11.0 Å². The topological polar surface area (TPSA) is 104 Å². The lowest BCUT2D eigenvalue weighted by Gasteiger charge is -2.14. The number of aliphatic hydroxyl groups excluding tert-OH is 1. The van der Waals surface area contributed by atoms with E-state index in [1.807, 2.05) is 6.92 Å². The van der Waals surface area contributed by atoms with Crippen molar-refractivity contribution in [3.05, 3.63) is 34.4 Å². The Hall–Kier alpha value is -2.15. The fourth-order valence-electron chi connectivity index (χ4n) is 1.33. The number of urea groups is 1. The van der Waals surface area contributed by atoms with Crippen molar-refractivity contribution in [3.63, 3.8) is 0 Å². The molecule has 0 fully saturated rings. The molecular weight excluding hydrogens is 238 g/mol. The molecule has 0 aliphatic carbocycles. The lowest BCUT2D eigenvalue weighted by atomic mass is 10.2. The molecule has 0 radical (unpaired) electrons. The van der Waals surface area contributed by atoms with E-state index in [0.717, 1.165) is 0 Å². The van der Waals surface area contributed by atoms with Crippen molar-refractivity contribution in [1.82, 2.24) is 5.32 Å². The number of nitrogens with zero attached hydrogens (tertiary/aromatic N) is 1. The summed E-state index contributed by atoms with van der Waals surface area (Å²) in [5, 5.41) is 24.5. The highest BCUT2D eigenvalue weighted by molar-refractivity contribution is 5.89. The summed E-state index contributed by atoms with van der Waals surface area (Å²) in [4.78, 5) is 21.5. The van der Waals surface area contributed by atoms with Gasteiger partial charge in [-0.1, -0.05) is 13.0 Å². The van der Waals surface area contributed by atoms with Crippen molar-refractivity contribution >= 4 is 17.4 Å². The van der Waals surface area contributed by atoms with Gasteiger partial charge in [-0.2, -0.15) is 0 Å². The molecule has 2 amide bonds. The van der Waals surface area contributed by atoms with Crippen LogP contribution in [0.25, 0.3) is 0 Å². The standard InChI is InChI=1S/C11H15N3O4/c1-2-8(7-15)12-11(16)13-9-4-3-5-10(6-9)14(17)18/h3-6,8,15H,2,7H2,1H3,(H2,12,13,16)/t8-/m0/s1. The summed E-state index contributed by atoms with van der Waals surface area (Å²) in [6.07, 6.45) is 0.596. The van der Waals surface area contributed by atoms with Crippen LogP contribution in [0.2, 0.25) is 0 Å². The summed E-state index contributed by atoms with van der Waals surface area (Å²) >= 11 is 0. The van der Waals surface area contributed by atoms with Crippen molar-refractivity contribution in [2.24, 2.45) is 0 Å². The molecule has 1 rings (SSSR count). The van der Waals surface area contributed by atoms with Crippen LogP contribution in [-0.2, 0) is 0 Å². The van der Waals surface area contributed by atoms with Gasteiger partial charge in [-0.3, -0.25) is 10.1 Å². The van der Waals surface area contributed by atoms with Gasteiger partial charge in [-0.15, -0.1) is 0 Å². The van der Waals surface area contributed by atoms with Crippen LogP contribution in [0.3, 0.4) is 0 Å². The van der Waals surface area contributed by atoms with E-state index in [1.54, 1.807) is 6.07 Å². The molecule has 1 aromatic rings. The predicted molar refractivity (Wildman–Crippen MR) is 66.4 cm³/mol. The minimum absolute atomic E-state index is 0.0954. The Labute approximate surface area is 104 Å². The minimum atomic E-state index is -0.536. The van der Waals surface area contributed by atoms with Gasteiger partial charge in [0.05, 0.1) is 17.6 Å². The second-order valence-electron chi connectivity index (χ2n) is 3.69. The third-order valence-corrected chi connectivity index (χ3v) is 2.36. The smallest absolute Gasteiger partial charge is 0.319 e. The number of carbonyl (C=O) groups excluding carboxylic acids is 1. The van der Waals surface area contributed by atoms with Crippen LogP contribution >= 0.6 is 0 Å². The van der Waals surface area contributed by atoms with E-state index in [9.17, 15) is 14.9 Å². The molecule has 0 aromatic heterocycles. The second-order valence-corrected chi connectivity index (χ2v) is 3.69. The van der Waals surface area contributed by atoms with Crippen molar-refractivity contribution in [2.75, 3.05) is 11.9 Å². The Morgan fingerprint density at radius 1 is 1.56 bits per heavy atom. The third kappa shape index (κ3) is 4.02. The van der Waals surface area contributed by atoms with E-state index in [4.69, 9.17) is 5.11 Å². The number of carbonyl (C=O) groups is 1. The number of anilines is 1. The van der Waals surface area contributed by atoms with Crippen molar-refractivity contribution in [3.8, 4) is 0 Å². The Kier molecular flexibility index (Phi) is 5.06. The summed E-state index contributed by atoms with van der Waals surface area (Å²) in [6.45, 7) is 1.67. The molecule has 0 heterocycles. The van der Waals surface area contributed by atoms with E-state index >= 15 is 0 Å². The quantitative estimate of drug-likeness (QED) is 0.546. The number of non-ortho nitro benzene ring substituents is 1. The highest BCUT2D eigenvalue weighted by Gasteiger charge is 2.11. The van der Waals surface area contributed by atoms with Gasteiger partial charge in [0.2, 0.25) is 0 Å². The Morgan fingerprint density at radius 3 is 2.83 bits per heavy atom. The zero-order valence-electron chi connectivity index (χ0n) is 9.92. The molecule has 0 unspecified atom stereocenters. The molecule has 0 spiro atoms. The predicted octanol–water partition coefficient (Wildman–Crippen LogP) is 1.49. The lowest BCUT2D eigenvalue weighted by molar-refractivity contribution is -0.384. The fraction of sp³-hybridized carbons (Fsp3) is 0.364. The summed E-state index contributed by atoms with van der Waals surface area (Å²) in [6, 6.07) is 4.80. The first-order chi connectivity index (χ1) is 8.56. The molecule has 1 aromatic carbocycles. The van der Waals surface area contributed by atoms with Crippen molar-refractivity contribution < 1.29 is 14.8 Å². The van der Waals surface area contributed by atoms with E-state index in [1.165, 1.54) is 18.2 Å². The monoisotopic (exact) mass is 253 g/mol. The molecule has 3 N–H and O–H groups in total. The van der Waals surface area contributed by atoms with Gasteiger partial charge in [0.15, 0.2) is 0 Å². The number of hydrogen-bond acceptors (Lipinski definition) is 4. The molecule has 0 saturated carbocycles. The first-order valence-corrected chi connectivity index (χ1v) is 5.49. The maximum absolute atomic E-state index is 11.5. The van der Waals surface area contributed by atoms with Gasteiger partial charge >= 0.3 is 6.03 Å². The number of rotatable bonds is 5. The molecule has 7 heteroatoms. The number of nitro benzene ring substituents is 1. The van der Waals surface area contributed by atoms with Crippen LogP contribution in [0.1, 0.15) is 13.3 Å². The molecule has 98 valence electrons. The molecule has 1 atom stereocenters. The largest absolute Gasteiger partial charge is 0.394 e. The molecule has 0 aliphatic heterocycles. The first-order valence-electron chi connectivity index (χ1n) is 5.49. The van der Waals surface area contributed by atoms with E-state index in [-0.39, 0.29) is 18.3 Å². The second kappa shape index (κ2) is 6.55. The number of nitro groups is 1. The van der Waals surface area contributed by atoms with Gasteiger partial charge in [0.1, 0.15) is 0 Å². The molecule has 7 nitrogen and oxygen atoms in total. The minimum Gasteiger partial charge on any atom is -0.394 e. The summed E-state index contributed by atoms with van der Waals surface area (Å²) in [5.41, 5.74) is 0.233.